The van der Waals surface area contributed by atoms with E-state index in [1.165, 1.54) is 29.8 Å². The van der Waals surface area contributed by atoms with Crippen LogP contribution in [0.25, 0.3) is 0 Å². The lowest BCUT2D eigenvalue weighted by Gasteiger charge is -2.08. The highest BCUT2D eigenvalue weighted by molar-refractivity contribution is 5.31. The zero-order valence-corrected chi connectivity index (χ0v) is 8.29. The molecular weight excluding hydrogens is 174 g/mol. The van der Waals surface area contributed by atoms with E-state index in [0.717, 1.165) is 31.8 Å². The smallest absolute Gasteiger partial charge is 0.115 e. The van der Waals surface area contributed by atoms with Crippen LogP contribution >= 0.6 is 0 Å². The molecule has 1 aliphatic heterocycles. The summed E-state index contributed by atoms with van der Waals surface area (Å²) in [4.78, 5) is 8.86. The van der Waals surface area contributed by atoms with E-state index in [1.54, 1.807) is 6.33 Å². The van der Waals surface area contributed by atoms with Crippen molar-refractivity contribution < 1.29 is 0 Å². The molecule has 1 aromatic rings. The standard InChI is InChI=1S/C11H15N3/c1-2-8(1)11-9-3-5-12-6-4-10(9)13-7-14-11/h7-8,12H,1-6H2. The molecular formula is C11H15N3. The molecule has 14 heavy (non-hydrogen) atoms. The van der Waals surface area contributed by atoms with Gasteiger partial charge in [0.25, 0.3) is 0 Å². The van der Waals surface area contributed by atoms with Crippen molar-refractivity contribution in [1.82, 2.24) is 15.3 Å². The van der Waals surface area contributed by atoms with Crippen LogP contribution in [-0.2, 0) is 12.8 Å². The molecule has 1 aromatic heterocycles. The van der Waals surface area contributed by atoms with Gasteiger partial charge >= 0.3 is 0 Å². The maximum atomic E-state index is 4.46. The van der Waals surface area contributed by atoms with Gasteiger partial charge in [-0.1, -0.05) is 0 Å². The van der Waals surface area contributed by atoms with Gasteiger partial charge in [-0.05, 0) is 31.4 Å². The third kappa shape index (κ3) is 1.42. The molecule has 0 amide bonds. The molecule has 0 atom stereocenters. The number of rotatable bonds is 1. The molecule has 1 fully saturated rings. The highest BCUT2D eigenvalue weighted by Crippen LogP contribution is 2.41. The van der Waals surface area contributed by atoms with Gasteiger partial charge in [-0.15, -0.1) is 0 Å². The number of fused-ring (bicyclic) bond motifs is 1. The van der Waals surface area contributed by atoms with Gasteiger partial charge in [-0.25, -0.2) is 9.97 Å². The van der Waals surface area contributed by atoms with Crippen molar-refractivity contribution in [3.8, 4) is 0 Å². The van der Waals surface area contributed by atoms with E-state index >= 15 is 0 Å². The van der Waals surface area contributed by atoms with Gasteiger partial charge in [0, 0.05) is 24.6 Å². The van der Waals surface area contributed by atoms with E-state index in [2.05, 4.69) is 15.3 Å². The van der Waals surface area contributed by atoms with Crippen LogP contribution in [0.3, 0.4) is 0 Å². The Hall–Kier alpha value is -0.960. The summed E-state index contributed by atoms with van der Waals surface area (Å²) in [7, 11) is 0. The average molecular weight is 189 g/mol. The first-order chi connectivity index (χ1) is 6.95. The second-order valence-corrected chi connectivity index (χ2v) is 4.21. The van der Waals surface area contributed by atoms with Crippen LogP contribution in [0.15, 0.2) is 6.33 Å². The molecule has 0 bridgehead atoms. The largest absolute Gasteiger partial charge is 0.316 e. The van der Waals surface area contributed by atoms with E-state index < -0.39 is 0 Å². The monoisotopic (exact) mass is 189 g/mol. The van der Waals surface area contributed by atoms with Gasteiger partial charge in [0.05, 0.1) is 5.69 Å². The zero-order valence-electron chi connectivity index (χ0n) is 8.29. The SMILES string of the molecule is c1nc2c(c(C3CC3)n1)CCNCC2. The maximum Gasteiger partial charge on any atom is 0.115 e. The lowest BCUT2D eigenvalue weighted by Crippen LogP contribution is -2.16. The lowest BCUT2D eigenvalue weighted by molar-refractivity contribution is 0.707. The molecule has 1 aliphatic carbocycles. The summed E-state index contributed by atoms with van der Waals surface area (Å²) in [6.07, 6.45) is 6.59. The van der Waals surface area contributed by atoms with Crippen molar-refractivity contribution in [1.29, 1.82) is 0 Å². The lowest BCUT2D eigenvalue weighted by atomic mass is 10.0. The van der Waals surface area contributed by atoms with Crippen LogP contribution in [-0.4, -0.2) is 23.1 Å². The predicted octanol–water partition coefficient (Wildman–Crippen LogP) is 1.04. The average Bonchev–Trinajstić information content (AvgIpc) is 3.04. The van der Waals surface area contributed by atoms with Crippen LogP contribution in [0.1, 0.15) is 35.7 Å². The van der Waals surface area contributed by atoms with Crippen molar-refractivity contribution in [3.63, 3.8) is 0 Å². The first-order valence-corrected chi connectivity index (χ1v) is 5.48. The molecule has 2 heterocycles. The van der Waals surface area contributed by atoms with Crippen molar-refractivity contribution in [3.05, 3.63) is 23.3 Å². The fourth-order valence-electron chi connectivity index (χ4n) is 2.21. The summed E-state index contributed by atoms with van der Waals surface area (Å²) < 4.78 is 0. The third-order valence-electron chi connectivity index (χ3n) is 3.12. The van der Waals surface area contributed by atoms with Crippen molar-refractivity contribution >= 4 is 0 Å². The minimum absolute atomic E-state index is 0.754. The van der Waals surface area contributed by atoms with E-state index in [-0.39, 0.29) is 0 Å². The van der Waals surface area contributed by atoms with Gasteiger partial charge in [-0.2, -0.15) is 0 Å². The quantitative estimate of drug-likeness (QED) is 0.717. The predicted molar refractivity (Wildman–Crippen MR) is 54.3 cm³/mol. The fraction of sp³-hybridized carbons (Fsp3) is 0.636. The molecule has 2 aliphatic rings. The van der Waals surface area contributed by atoms with Crippen LogP contribution < -0.4 is 5.32 Å². The molecule has 74 valence electrons. The Morgan fingerprint density at radius 3 is 2.86 bits per heavy atom. The number of hydrogen-bond donors (Lipinski definition) is 1. The molecule has 1 saturated carbocycles. The minimum atomic E-state index is 0.754. The Kier molecular flexibility index (Phi) is 1.98. The Morgan fingerprint density at radius 2 is 2.00 bits per heavy atom. The zero-order chi connectivity index (χ0) is 9.38. The second kappa shape index (κ2) is 3.31. The summed E-state index contributed by atoms with van der Waals surface area (Å²) in [5.41, 5.74) is 4.07. The van der Waals surface area contributed by atoms with Crippen molar-refractivity contribution in [2.45, 2.75) is 31.6 Å². The van der Waals surface area contributed by atoms with E-state index in [4.69, 9.17) is 0 Å². The normalized spacial score (nSPS) is 21.4. The topological polar surface area (TPSA) is 37.8 Å². The maximum absolute atomic E-state index is 4.46. The second-order valence-electron chi connectivity index (χ2n) is 4.21. The Balaban J connectivity index is 2.03. The Bertz CT molecular complexity index is 344. The molecule has 0 radical (unpaired) electrons. The fourth-order valence-corrected chi connectivity index (χ4v) is 2.21. The minimum Gasteiger partial charge on any atom is -0.316 e. The van der Waals surface area contributed by atoms with Gasteiger partial charge in [0.1, 0.15) is 6.33 Å². The molecule has 0 aromatic carbocycles. The molecule has 3 rings (SSSR count). The first-order valence-electron chi connectivity index (χ1n) is 5.48. The summed E-state index contributed by atoms with van der Waals surface area (Å²) >= 11 is 0. The Labute approximate surface area is 84.0 Å². The first kappa shape index (κ1) is 8.36. The number of aromatic nitrogens is 2. The van der Waals surface area contributed by atoms with Crippen LogP contribution in [0.5, 0.6) is 0 Å². The molecule has 0 saturated heterocycles. The van der Waals surface area contributed by atoms with Crippen molar-refractivity contribution in [2.24, 2.45) is 0 Å². The van der Waals surface area contributed by atoms with Crippen molar-refractivity contribution in [2.75, 3.05) is 13.1 Å². The number of hydrogen-bond acceptors (Lipinski definition) is 3. The van der Waals surface area contributed by atoms with E-state index in [1.807, 2.05) is 0 Å². The van der Waals surface area contributed by atoms with Gasteiger partial charge in [0.2, 0.25) is 0 Å². The van der Waals surface area contributed by atoms with Crippen LogP contribution in [0.2, 0.25) is 0 Å². The summed E-state index contributed by atoms with van der Waals surface area (Å²) in [5.74, 6) is 0.754. The molecule has 3 heteroatoms. The molecule has 0 unspecified atom stereocenters. The van der Waals surface area contributed by atoms with Crippen LogP contribution in [0.4, 0.5) is 0 Å². The Morgan fingerprint density at radius 1 is 1.14 bits per heavy atom. The molecule has 3 nitrogen and oxygen atoms in total. The van der Waals surface area contributed by atoms with E-state index in [0.29, 0.717) is 0 Å². The van der Waals surface area contributed by atoms with E-state index in [9.17, 15) is 0 Å². The molecule has 1 N–H and O–H groups in total. The van der Waals surface area contributed by atoms with Gasteiger partial charge in [-0.3, -0.25) is 0 Å². The van der Waals surface area contributed by atoms with Gasteiger partial charge < -0.3 is 5.32 Å². The summed E-state index contributed by atoms with van der Waals surface area (Å²) in [6.45, 7) is 2.15. The third-order valence-corrected chi connectivity index (χ3v) is 3.12. The summed E-state index contributed by atoms with van der Waals surface area (Å²) in [5, 5.41) is 3.41. The van der Waals surface area contributed by atoms with Crippen LogP contribution in [0, 0.1) is 0 Å². The number of nitrogens with one attached hydrogen (secondary N) is 1. The molecule has 0 spiro atoms. The summed E-state index contributed by atoms with van der Waals surface area (Å²) in [6, 6.07) is 0. The highest BCUT2D eigenvalue weighted by Gasteiger charge is 2.29. The highest BCUT2D eigenvalue weighted by atomic mass is 14.9. The van der Waals surface area contributed by atoms with Gasteiger partial charge in [0.15, 0.2) is 0 Å². The number of nitrogens with zero attached hydrogens (tertiary/aromatic N) is 2.